The Labute approximate surface area is 176 Å². The van der Waals surface area contributed by atoms with Crippen LogP contribution >= 0.6 is 36.2 Å². The van der Waals surface area contributed by atoms with E-state index in [-0.39, 0.29) is 42.9 Å². The molecule has 0 bridgehead atoms. The molecule has 6 nitrogen and oxygen atoms in total. The summed E-state index contributed by atoms with van der Waals surface area (Å²) < 4.78 is 5.81. The number of anilines is 2. The van der Waals surface area contributed by atoms with Crippen LogP contribution in [0.5, 0.6) is 0 Å². The average Bonchev–Trinajstić information content (AvgIpc) is 3.03. The Morgan fingerprint density at radius 1 is 1.30 bits per heavy atom. The summed E-state index contributed by atoms with van der Waals surface area (Å²) in [5.41, 5.74) is 7.78. The molecule has 0 spiro atoms. The third-order valence-corrected chi connectivity index (χ3v) is 4.96. The van der Waals surface area contributed by atoms with Gasteiger partial charge in [0.1, 0.15) is 5.69 Å². The van der Waals surface area contributed by atoms with E-state index in [0.717, 1.165) is 29.5 Å². The third-order valence-electron chi connectivity index (χ3n) is 4.06. The van der Waals surface area contributed by atoms with E-state index in [9.17, 15) is 4.79 Å². The van der Waals surface area contributed by atoms with Gasteiger partial charge in [0.15, 0.2) is 0 Å². The molecule has 1 fully saturated rings. The summed E-state index contributed by atoms with van der Waals surface area (Å²) >= 11 is 1.47. The van der Waals surface area contributed by atoms with Crippen LogP contribution in [0.1, 0.15) is 29.3 Å². The molecule has 0 saturated carbocycles. The number of halogens is 2. The fraction of sp³-hybridized carbons (Fsp3) is 0.444. The molecule has 2 heterocycles. The first-order valence-corrected chi connectivity index (χ1v) is 9.40. The van der Waals surface area contributed by atoms with Gasteiger partial charge >= 0.3 is 0 Å². The Morgan fingerprint density at radius 3 is 2.63 bits per heavy atom. The van der Waals surface area contributed by atoms with Crippen molar-refractivity contribution in [3.8, 4) is 0 Å². The van der Waals surface area contributed by atoms with Gasteiger partial charge in [-0.2, -0.15) is 0 Å². The number of morpholine rings is 1. The smallest absolute Gasteiger partial charge is 0.275 e. The number of para-hydroxylation sites is 2. The standard InChI is InChI=1S/C18H24N4O2S.2ClH/c1-12-9-22(10-13(2)24-12)16-6-4-3-5-14(16)21-18(23)15-11-25-17(20-15)7-8-19;;/h3-6,11-13H,7-10,19H2,1-2H3,(H,21,23);2*1H. The molecule has 3 N–H and O–H groups in total. The lowest BCUT2D eigenvalue weighted by molar-refractivity contribution is -0.00517. The molecule has 1 amide bonds. The van der Waals surface area contributed by atoms with Gasteiger partial charge in [-0.15, -0.1) is 36.2 Å². The molecule has 1 aromatic heterocycles. The zero-order valence-electron chi connectivity index (χ0n) is 15.4. The fourth-order valence-electron chi connectivity index (χ4n) is 3.07. The number of carbonyl (C=O) groups is 1. The van der Waals surface area contributed by atoms with Crippen molar-refractivity contribution in [2.24, 2.45) is 5.73 Å². The maximum Gasteiger partial charge on any atom is 0.275 e. The van der Waals surface area contributed by atoms with Gasteiger partial charge in [-0.1, -0.05) is 12.1 Å². The van der Waals surface area contributed by atoms with Gasteiger partial charge in [0.2, 0.25) is 0 Å². The van der Waals surface area contributed by atoms with Gasteiger partial charge in [0, 0.05) is 24.9 Å². The van der Waals surface area contributed by atoms with Crippen molar-refractivity contribution in [2.45, 2.75) is 32.5 Å². The summed E-state index contributed by atoms with van der Waals surface area (Å²) in [5, 5.41) is 5.67. The Morgan fingerprint density at radius 2 is 1.96 bits per heavy atom. The van der Waals surface area contributed by atoms with Crippen LogP contribution in [0.2, 0.25) is 0 Å². The van der Waals surface area contributed by atoms with Crippen LogP contribution in [0.3, 0.4) is 0 Å². The second-order valence-electron chi connectivity index (χ2n) is 6.30. The zero-order valence-corrected chi connectivity index (χ0v) is 17.8. The van der Waals surface area contributed by atoms with E-state index in [1.54, 1.807) is 5.38 Å². The largest absolute Gasteiger partial charge is 0.372 e. The number of carbonyl (C=O) groups excluding carboxylic acids is 1. The molecule has 27 heavy (non-hydrogen) atoms. The van der Waals surface area contributed by atoms with Crippen molar-refractivity contribution >= 4 is 53.4 Å². The second-order valence-corrected chi connectivity index (χ2v) is 7.24. The Kier molecular flexibility index (Phi) is 9.49. The molecule has 1 saturated heterocycles. The first-order chi connectivity index (χ1) is 12.1. The summed E-state index contributed by atoms with van der Waals surface area (Å²) in [5.74, 6) is -0.193. The number of aromatic nitrogens is 1. The van der Waals surface area contributed by atoms with Crippen molar-refractivity contribution in [3.63, 3.8) is 0 Å². The van der Waals surface area contributed by atoms with Gasteiger partial charge in [-0.25, -0.2) is 4.98 Å². The molecule has 0 radical (unpaired) electrons. The Hall–Kier alpha value is -1.38. The maximum absolute atomic E-state index is 12.6. The highest BCUT2D eigenvalue weighted by molar-refractivity contribution is 7.09. The summed E-state index contributed by atoms with van der Waals surface area (Å²) in [6.07, 6.45) is 1.01. The Balaban J connectivity index is 0.00000182. The molecule has 1 aliphatic rings. The minimum Gasteiger partial charge on any atom is -0.372 e. The van der Waals surface area contributed by atoms with E-state index in [4.69, 9.17) is 10.5 Å². The van der Waals surface area contributed by atoms with E-state index in [1.165, 1.54) is 11.3 Å². The van der Waals surface area contributed by atoms with Gasteiger partial charge in [-0.3, -0.25) is 4.79 Å². The van der Waals surface area contributed by atoms with Gasteiger partial charge < -0.3 is 20.7 Å². The number of amides is 1. The van der Waals surface area contributed by atoms with Crippen molar-refractivity contribution in [2.75, 3.05) is 29.9 Å². The monoisotopic (exact) mass is 432 g/mol. The number of hydrogen-bond donors (Lipinski definition) is 2. The SMILES string of the molecule is CC1CN(c2ccccc2NC(=O)c2csc(CCN)n2)CC(C)O1.Cl.Cl. The predicted octanol–water partition coefficient (Wildman–Crippen LogP) is 3.35. The van der Waals surface area contributed by atoms with E-state index in [0.29, 0.717) is 18.7 Å². The number of hydrogen-bond acceptors (Lipinski definition) is 6. The molecule has 2 aromatic rings. The molecule has 150 valence electrons. The normalized spacial score (nSPS) is 19.0. The number of benzene rings is 1. The van der Waals surface area contributed by atoms with Crippen LogP contribution in [0.15, 0.2) is 29.6 Å². The molecular formula is C18H26Cl2N4O2S. The van der Waals surface area contributed by atoms with Crippen LogP contribution in [-0.4, -0.2) is 42.7 Å². The summed E-state index contributed by atoms with van der Waals surface area (Å²) in [4.78, 5) is 19.2. The van der Waals surface area contributed by atoms with E-state index in [2.05, 4.69) is 29.0 Å². The van der Waals surface area contributed by atoms with E-state index >= 15 is 0 Å². The number of thiazole rings is 1. The second kappa shape index (κ2) is 10.8. The fourth-order valence-corrected chi connectivity index (χ4v) is 3.86. The van der Waals surface area contributed by atoms with Crippen LogP contribution in [0.4, 0.5) is 11.4 Å². The number of rotatable bonds is 5. The van der Waals surface area contributed by atoms with E-state index < -0.39 is 0 Å². The molecule has 9 heteroatoms. The zero-order chi connectivity index (χ0) is 17.8. The van der Waals surface area contributed by atoms with Crippen molar-refractivity contribution in [3.05, 3.63) is 40.3 Å². The molecule has 1 aliphatic heterocycles. The summed E-state index contributed by atoms with van der Waals surface area (Å²) in [7, 11) is 0. The van der Waals surface area contributed by atoms with Crippen molar-refractivity contribution < 1.29 is 9.53 Å². The highest BCUT2D eigenvalue weighted by Crippen LogP contribution is 2.29. The number of ether oxygens (including phenoxy) is 1. The van der Waals surface area contributed by atoms with Crippen LogP contribution in [0, 0.1) is 0 Å². The Bertz CT molecular complexity index is 734. The number of nitrogens with one attached hydrogen (secondary N) is 1. The minimum absolute atomic E-state index is 0. The van der Waals surface area contributed by atoms with E-state index in [1.807, 2.05) is 24.3 Å². The number of nitrogens with zero attached hydrogens (tertiary/aromatic N) is 2. The molecule has 0 aliphatic carbocycles. The minimum atomic E-state index is -0.193. The summed E-state index contributed by atoms with van der Waals surface area (Å²) in [6.45, 7) is 6.27. The van der Waals surface area contributed by atoms with Crippen LogP contribution in [0.25, 0.3) is 0 Å². The highest BCUT2D eigenvalue weighted by atomic mass is 35.5. The average molecular weight is 433 g/mol. The van der Waals surface area contributed by atoms with Gasteiger partial charge in [-0.05, 0) is 32.5 Å². The predicted molar refractivity (Wildman–Crippen MR) is 116 cm³/mol. The molecule has 2 atom stereocenters. The summed E-state index contributed by atoms with van der Waals surface area (Å²) in [6, 6.07) is 7.86. The first-order valence-electron chi connectivity index (χ1n) is 8.52. The molecular weight excluding hydrogens is 407 g/mol. The van der Waals surface area contributed by atoms with Crippen LogP contribution < -0.4 is 16.0 Å². The molecule has 1 aromatic carbocycles. The highest BCUT2D eigenvalue weighted by Gasteiger charge is 2.24. The van der Waals surface area contributed by atoms with Crippen molar-refractivity contribution in [1.82, 2.24) is 4.98 Å². The maximum atomic E-state index is 12.6. The van der Waals surface area contributed by atoms with Gasteiger partial charge in [0.05, 0.1) is 28.6 Å². The van der Waals surface area contributed by atoms with Gasteiger partial charge in [0.25, 0.3) is 5.91 Å². The topological polar surface area (TPSA) is 80.5 Å². The quantitative estimate of drug-likeness (QED) is 0.756. The third kappa shape index (κ3) is 6.05. The first kappa shape index (κ1) is 23.7. The molecule has 2 unspecified atom stereocenters. The lowest BCUT2D eigenvalue weighted by Crippen LogP contribution is -2.45. The molecule has 3 rings (SSSR count). The lowest BCUT2D eigenvalue weighted by atomic mass is 10.1. The lowest BCUT2D eigenvalue weighted by Gasteiger charge is -2.37. The number of nitrogens with two attached hydrogens (primary N) is 1. The van der Waals surface area contributed by atoms with Crippen LogP contribution in [-0.2, 0) is 11.2 Å². The van der Waals surface area contributed by atoms with Crippen molar-refractivity contribution in [1.29, 1.82) is 0 Å².